The molecule has 3 nitrogen and oxygen atoms in total. The van der Waals surface area contributed by atoms with Gasteiger partial charge < -0.3 is 9.64 Å². The first kappa shape index (κ1) is 18.5. The summed E-state index contributed by atoms with van der Waals surface area (Å²) in [5.41, 5.74) is 1.22. The highest BCUT2D eigenvalue weighted by atomic mass is 16.5. The van der Waals surface area contributed by atoms with Crippen LogP contribution in [-0.4, -0.2) is 30.5 Å². The van der Waals surface area contributed by atoms with Crippen LogP contribution in [0.1, 0.15) is 46.6 Å². The number of likely N-dealkylation sites (N-methyl/N-ethyl adjacent to an activating group) is 1. The van der Waals surface area contributed by atoms with Gasteiger partial charge in [-0.1, -0.05) is 39.8 Å². The summed E-state index contributed by atoms with van der Waals surface area (Å²) in [6, 6.07) is 7.90. The molecule has 0 saturated carbocycles. The van der Waals surface area contributed by atoms with Crippen LogP contribution in [-0.2, 0) is 11.2 Å². The average molecular weight is 279 g/mol. The van der Waals surface area contributed by atoms with Gasteiger partial charge >= 0.3 is 0 Å². The second-order valence-electron chi connectivity index (χ2n) is 4.26. The minimum atomic E-state index is 0.0567. The maximum atomic E-state index is 11.9. The summed E-state index contributed by atoms with van der Waals surface area (Å²) in [6.45, 7) is 11.8. The first-order valence-electron chi connectivity index (χ1n) is 7.70. The third-order valence-electron chi connectivity index (χ3n) is 2.90. The highest BCUT2D eigenvalue weighted by Gasteiger charge is 2.11. The number of nitrogens with zero attached hydrogens (tertiary/aromatic N) is 1. The standard InChI is InChI=1S/C15H23NO2.C2H6/c1-4-10-16(6-3)15(17)12-18-14-9-7-8-13(5-2)11-14;1-2/h7-9,11H,4-6,10,12H2,1-3H3;1-2H3. The van der Waals surface area contributed by atoms with Gasteiger partial charge in [0.1, 0.15) is 5.75 Å². The summed E-state index contributed by atoms with van der Waals surface area (Å²) in [6.07, 6.45) is 1.95. The van der Waals surface area contributed by atoms with Gasteiger partial charge in [-0.2, -0.15) is 0 Å². The van der Waals surface area contributed by atoms with Crippen LogP contribution in [0.4, 0.5) is 0 Å². The number of ether oxygens (including phenoxy) is 1. The van der Waals surface area contributed by atoms with E-state index in [-0.39, 0.29) is 12.5 Å². The van der Waals surface area contributed by atoms with E-state index in [9.17, 15) is 4.79 Å². The summed E-state index contributed by atoms with van der Waals surface area (Å²) in [5, 5.41) is 0. The van der Waals surface area contributed by atoms with Crippen molar-refractivity contribution in [1.29, 1.82) is 0 Å². The first-order chi connectivity index (χ1) is 9.71. The Kier molecular flexibility index (Phi) is 10.5. The summed E-state index contributed by atoms with van der Waals surface area (Å²) in [5.74, 6) is 0.830. The summed E-state index contributed by atoms with van der Waals surface area (Å²) in [4.78, 5) is 13.7. The summed E-state index contributed by atoms with van der Waals surface area (Å²) >= 11 is 0. The number of rotatable bonds is 7. The van der Waals surface area contributed by atoms with E-state index in [4.69, 9.17) is 4.74 Å². The van der Waals surface area contributed by atoms with Crippen LogP contribution in [0.25, 0.3) is 0 Å². The molecule has 0 atom stereocenters. The van der Waals surface area contributed by atoms with E-state index in [2.05, 4.69) is 19.9 Å². The number of hydrogen-bond acceptors (Lipinski definition) is 2. The van der Waals surface area contributed by atoms with Crippen molar-refractivity contribution in [2.24, 2.45) is 0 Å². The lowest BCUT2D eigenvalue weighted by Crippen LogP contribution is -2.35. The molecule has 0 unspecified atom stereocenters. The molecule has 1 aromatic carbocycles. The Balaban J connectivity index is 0.00000172. The maximum absolute atomic E-state index is 11.9. The van der Waals surface area contributed by atoms with Crippen molar-refractivity contribution >= 4 is 5.91 Å². The third-order valence-corrected chi connectivity index (χ3v) is 2.90. The monoisotopic (exact) mass is 279 g/mol. The summed E-state index contributed by atoms with van der Waals surface area (Å²) in [7, 11) is 0. The van der Waals surface area contributed by atoms with E-state index in [1.807, 2.05) is 43.9 Å². The summed E-state index contributed by atoms with van der Waals surface area (Å²) < 4.78 is 5.55. The van der Waals surface area contributed by atoms with Crippen molar-refractivity contribution in [3.8, 4) is 5.75 Å². The van der Waals surface area contributed by atoms with Crippen LogP contribution in [0.2, 0.25) is 0 Å². The van der Waals surface area contributed by atoms with E-state index in [0.29, 0.717) is 0 Å². The predicted octanol–water partition coefficient (Wildman–Crippen LogP) is 3.91. The molecule has 0 heterocycles. The number of amides is 1. The molecule has 0 aliphatic heterocycles. The molecule has 0 radical (unpaired) electrons. The van der Waals surface area contributed by atoms with Gasteiger partial charge in [0.25, 0.3) is 5.91 Å². The van der Waals surface area contributed by atoms with Crippen LogP contribution in [0.15, 0.2) is 24.3 Å². The molecular formula is C17H29NO2. The molecule has 1 amide bonds. The SMILES string of the molecule is CC.CCCN(CC)C(=O)COc1cccc(CC)c1. The molecule has 114 valence electrons. The number of aryl methyl sites for hydroxylation is 1. The average Bonchev–Trinajstić information content (AvgIpc) is 2.52. The Bertz CT molecular complexity index is 377. The zero-order valence-electron chi connectivity index (χ0n) is 13.6. The minimum absolute atomic E-state index is 0.0567. The van der Waals surface area contributed by atoms with Gasteiger partial charge in [-0.3, -0.25) is 4.79 Å². The Labute approximate surface area is 123 Å². The van der Waals surface area contributed by atoms with Gasteiger partial charge in [0.2, 0.25) is 0 Å². The Morgan fingerprint density at radius 3 is 2.45 bits per heavy atom. The van der Waals surface area contributed by atoms with Gasteiger partial charge in [0, 0.05) is 13.1 Å². The second-order valence-corrected chi connectivity index (χ2v) is 4.26. The second kappa shape index (κ2) is 11.3. The van der Waals surface area contributed by atoms with Gasteiger partial charge in [-0.15, -0.1) is 0 Å². The van der Waals surface area contributed by atoms with E-state index < -0.39 is 0 Å². The van der Waals surface area contributed by atoms with Crippen LogP contribution in [0, 0.1) is 0 Å². The molecule has 0 spiro atoms. The number of hydrogen-bond donors (Lipinski definition) is 0. The van der Waals surface area contributed by atoms with Crippen molar-refractivity contribution in [3.05, 3.63) is 29.8 Å². The zero-order valence-corrected chi connectivity index (χ0v) is 13.6. The number of benzene rings is 1. The maximum Gasteiger partial charge on any atom is 0.260 e. The fourth-order valence-corrected chi connectivity index (χ4v) is 1.82. The van der Waals surface area contributed by atoms with E-state index in [1.54, 1.807) is 0 Å². The van der Waals surface area contributed by atoms with Gasteiger partial charge in [0.05, 0.1) is 0 Å². The van der Waals surface area contributed by atoms with E-state index >= 15 is 0 Å². The molecule has 0 bridgehead atoms. The van der Waals surface area contributed by atoms with Crippen LogP contribution >= 0.6 is 0 Å². The Morgan fingerprint density at radius 1 is 1.20 bits per heavy atom. The lowest BCUT2D eigenvalue weighted by molar-refractivity contribution is -0.133. The van der Waals surface area contributed by atoms with Crippen LogP contribution in [0.3, 0.4) is 0 Å². The Morgan fingerprint density at radius 2 is 1.90 bits per heavy atom. The first-order valence-corrected chi connectivity index (χ1v) is 7.70. The Hall–Kier alpha value is -1.51. The highest BCUT2D eigenvalue weighted by molar-refractivity contribution is 5.77. The fraction of sp³-hybridized carbons (Fsp3) is 0.588. The van der Waals surface area contributed by atoms with Gasteiger partial charge in [0.15, 0.2) is 6.61 Å². The van der Waals surface area contributed by atoms with Crippen molar-refractivity contribution in [2.75, 3.05) is 19.7 Å². The molecule has 0 fully saturated rings. The van der Waals surface area contributed by atoms with Crippen molar-refractivity contribution in [3.63, 3.8) is 0 Å². The lowest BCUT2D eigenvalue weighted by atomic mass is 10.2. The lowest BCUT2D eigenvalue weighted by Gasteiger charge is -2.20. The molecular weight excluding hydrogens is 250 g/mol. The molecule has 0 N–H and O–H groups in total. The predicted molar refractivity (Wildman–Crippen MR) is 85.2 cm³/mol. The molecule has 0 saturated heterocycles. The quantitative estimate of drug-likeness (QED) is 0.757. The molecule has 20 heavy (non-hydrogen) atoms. The van der Waals surface area contributed by atoms with E-state index in [1.165, 1.54) is 5.56 Å². The third kappa shape index (κ3) is 6.60. The fourth-order valence-electron chi connectivity index (χ4n) is 1.82. The molecule has 3 heteroatoms. The minimum Gasteiger partial charge on any atom is -0.484 e. The van der Waals surface area contributed by atoms with Gasteiger partial charge in [-0.05, 0) is 37.5 Å². The number of carbonyl (C=O) groups excluding carboxylic acids is 1. The molecule has 1 aromatic rings. The smallest absolute Gasteiger partial charge is 0.260 e. The van der Waals surface area contributed by atoms with Crippen LogP contribution in [0.5, 0.6) is 5.75 Å². The molecule has 1 rings (SSSR count). The van der Waals surface area contributed by atoms with Gasteiger partial charge in [-0.25, -0.2) is 0 Å². The van der Waals surface area contributed by atoms with Crippen molar-refractivity contribution in [1.82, 2.24) is 4.90 Å². The van der Waals surface area contributed by atoms with Crippen molar-refractivity contribution < 1.29 is 9.53 Å². The molecule has 0 aliphatic carbocycles. The molecule has 0 aliphatic rings. The normalized spacial score (nSPS) is 9.45. The van der Waals surface area contributed by atoms with E-state index in [0.717, 1.165) is 31.7 Å². The van der Waals surface area contributed by atoms with Crippen LogP contribution < -0.4 is 4.74 Å². The zero-order chi connectivity index (χ0) is 15.4. The number of carbonyl (C=O) groups is 1. The highest BCUT2D eigenvalue weighted by Crippen LogP contribution is 2.13. The largest absolute Gasteiger partial charge is 0.484 e. The van der Waals surface area contributed by atoms with Crippen molar-refractivity contribution in [2.45, 2.75) is 47.5 Å². The molecule has 0 aromatic heterocycles. The topological polar surface area (TPSA) is 29.5 Å².